The van der Waals surface area contributed by atoms with Gasteiger partial charge in [-0.15, -0.1) is 0 Å². The molecule has 4 heteroatoms. The van der Waals surface area contributed by atoms with E-state index in [0.717, 1.165) is 0 Å². The van der Waals surface area contributed by atoms with Gasteiger partial charge in [-0.2, -0.15) is 0 Å². The van der Waals surface area contributed by atoms with Crippen LogP contribution in [0.4, 0.5) is 0 Å². The van der Waals surface area contributed by atoms with Crippen LogP contribution in [0.5, 0.6) is 0 Å². The van der Waals surface area contributed by atoms with Gasteiger partial charge in [0.1, 0.15) is 0 Å². The number of rotatable bonds is 0. The first-order chi connectivity index (χ1) is 0. The maximum Gasteiger partial charge on any atom is 0 e. The van der Waals surface area contributed by atoms with Crippen molar-refractivity contribution in [3.63, 3.8) is 0 Å². The number of hydrogen-bond donors (Lipinski definition) is 0. The summed E-state index contributed by atoms with van der Waals surface area (Å²) in [4.78, 5) is 0. The van der Waals surface area contributed by atoms with E-state index in [2.05, 4.69) is 0 Å². The van der Waals surface area contributed by atoms with E-state index in [4.69, 9.17) is 0 Å². The third-order valence-electron chi connectivity index (χ3n) is 0. The molecule has 0 aromatic heterocycles. The zero-order valence-electron chi connectivity index (χ0n) is 1.73. The first kappa shape index (κ1) is 62.7. The Morgan fingerprint density at radius 3 is 1.00 bits per heavy atom. The van der Waals surface area contributed by atoms with Gasteiger partial charge in [0.05, 0.1) is 0 Å². The van der Waals surface area contributed by atoms with Gasteiger partial charge in [0.25, 0.3) is 0 Å². The second-order valence-electron chi connectivity index (χ2n) is 0. The molecule has 0 amide bonds. The van der Waals surface area contributed by atoms with Crippen LogP contribution in [0.1, 0.15) is 7.43 Å². The summed E-state index contributed by atoms with van der Waals surface area (Å²) in [6.07, 6.45) is 0. The molecule has 0 aliphatic carbocycles. The van der Waals surface area contributed by atoms with Gasteiger partial charge in [0.15, 0.2) is 0 Å². The summed E-state index contributed by atoms with van der Waals surface area (Å²) >= 11 is 0. The summed E-state index contributed by atoms with van der Waals surface area (Å²) in [7, 11) is 0. The molecular weight excluding hydrogens is 242 g/mol. The van der Waals surface area contributed by atoms with Crippen molar-refractivity contribution >= 4 is 11.0 Å². The predicted molar refractivity (Wildman–Crippen MR) is 12.5 cm³/mol. The molecule has 0 spiro atoms. The molecule has 0 nitrogen and oxygen atoms in total. The minimum Gasteiger partial charge on any atom is -0.0776 e. The quantitative estimate of drug-likeness (QED) is 0.537. The van der Waals surface area contributed by atoms with Crippen molar-refractivity contribution in [1.29, 1.82) is 0 Å². The maximum absolute atomic E-state index is 0. The zero-order chi connectivity index (χ0) is 0. The van der Waals surface area contributed by atoms with E-state index in [0.29, 0.717) is 0 Å². The average Bonchev–Trinajstić information content (AvgIpc) is 0. The van der Waals surface area contributed by atoms with Crippen molar-refractivity contribution in [1.82, 2.24) is 0 Å². The van der Waals surface area contributed by atoms with E-state index < -0.39 is 0 Å². The summed E-state index contributed by atoms with van der Waals surface area (Å²) in [5.74, 6) is 0. The fourth-order valence-electron chi connectivity index (χ4n) is 0. The van der Waals surface area contributed by atoms with Crippen LogP contribution in [-0.2, 0) is 56.7 Å². The molecule has 6 radical (unpaired) electrons. The van der Waals surface area contributed by atoms with Crippen LogP contribution in [0.15, 0.2) is 0 Å². The molecule has 5 heavy (non-hydrogen) atoms. The van der Waals surface area contributed by atoms with Crippen LogP contribution in [0.25, 0.3) is 0 Å². The van der Waals surface area contributed by atoms with E-state index in [1.165, 1.54) is 0 Å². The summed E-state index contributed by atoms with van der Waals surface area (Å²) in [5.41, 5.74) is 0. The van der Waals surface area contributed by atoms with Crippen molar-refractivity contribution < 1.29 is 56.7 Å². The van der Waals surface area contributed by atoms with Gasteiger partial charge >= 0.3 is 0 Å². The van der Waals surface area contributed by atoms with Crippen LogP contribution in [0, 0.1) is 0 Å². The molecule has 0 saturated heterocycles. The molecule has 0 N–H and O–H groups in total. The topological polar surface area (TPSA) is 0 Å². The van der Waals surface area contributed by atoms with E-state index in [1.807, 2.05) is 0 Å². The van der Waals surface area contributed by atoms with Crippen LogP contribution < -0.4 is 0 Å². The Hall–Kier alpha value is 2.01. The summed E-state index contributed by atoms with van der Waals surface area (Å²) < 4.78 is 0. The third-order valence-corrected chi connectivity index (χ3v) is 0. The molecule has 0 aliphatic rings. The van der Waals surface area contributed by atoms with Gasteiger partial charge in [0, 0.05) is 67.7 Å². The Balaban J connectivity index is 0. The Morgan fingerprint density at radius 2 is 1.00 bits per heavy atom. The van der Waals surface area contributed by atoms with Crippen LogP contribution in [0.3, 0.4) is 0 Å². The van der Waals surface area contributed by atoms with Crippen molar-refractivity contribution in [3.8, 4) is 0 Å². The minimum atomic E-state index is 0. The molecule has 0 rings (SSSR count). The largest absolute Gasteiger partial charge is 0.0776 e. The first-order valence-corrected chi connectivity index (χ1v) is 0. The fourth-order valence-corrected chi connectivity index (χ4v) is 0. The Labute approximate surface area is 74.5 Å². The van der Waals surface area contributed by atoms with Crippen LogP contribution >= 0.6 is 0 Å². The maximum atomic E-state index is 0. The predicted octanol–water partition coefficient (Wildman–Crippen LogP) is 0.248. The van der Waals surface area contributed by atoms with E-state index in [9.17, 15) is 0 Å². The standard InChI is InChI=1S/CH4.Mn.Mo.Si.V/h1H4;;;;. The summed E-state index contributed by atoms with van der Waals surface area (Å²) in [6.45, 7) is 0. The average molecular weight is 246 g/mol. The summed E-state index contributed by atoms with van der Waals surface area (Å²) in [5, 5.41) is 0. The van der Waals surface area contributed by atoms with Gasteiger partial charge in [-0.25, -0.2) is 0 Å². The van der Waals surface area contributed by atoms with E-state index >= 15 is 0 Å². The Kier molecular flexibility index (Phi) is 468. The molecule has 0 saturated carbocycles. The molecule has 0 unspecified atom stereocenters. The van der Waals surface area contributed by atoms with Crippen molar-refractivity contribution in [3.05, 3.63) is 0 Å². The second kappa shape index (κ2) is 37.4. The van der Waals surface area contributed by atoms with Crippen LogP contribution in [-0.4, -0.2) is 11.0 Å². The molecule has 0 atom stereocenters. The van der Waals surface area contributed by atoms with E-state index in [1.54, 1.807) is 0 Å². The SMILES string of the molecule is C.[Mn].[Mo].[Si].[V]. The van der Waals surface area contributed by atoms with Gasteiger partial charge < -0.3 is 0 Å². The smallest absolute Gasteiger partial charge is 0 e. The Bertz CT molecular complexity index is 11.6. The third kappa shape index (κ3) is 23.9. The molecule has 0 aliphatic heterocycles. The van der Waals surface area contributed by atoms with Gasteiger partial charge in [-0.05, 0) is 0 Å². The van der Waals surface area contributed by atoms with Crippen molar-refractivity contribution in [2.24, 2.45) is 0 Å². The second-order valence-corrected chi connectivity index (χ2v) is 0. The van der Waals surface area contributed by atoms with Crippen molar-refractivity contribution in [2.75, 3.05) is 0 Å². The minimum absolute atomic E-state index is 0. The van der Waals surface area contributed by atoms with E-state index in [-0.39, 0.29) is 75.1 Å². The molecule has 0 aromatic carbocycles. The van der Waals surface area contributed by atoms with Gasteiger partial charge in [0.2, 0.25) is 0 Å². The molecule has 0 bridgehead atoms. The van der Waals surface area contributed by atoms with Crippen LogP contribution in [0.2, 0.25) is 0 Å². The number of hydrogen-bond acceptors (Lipinski definition) is 0. The fraction of sp³-hybridized carbons (Fsp3) is 1.00. The van der Waals surface area contributed by atoms with Gasteiger partial charge in [-0.3, -0.25) is 0 Å². The molecule has 0 fully saturated rings. The molecule has 0 aromatic rings. The Morgan fingerprint density at radius 1 is 1.00 bits per heavy atom. The first-order valence-electron chi connectivity index (χ1n) is 0. The summed E-state index contributed by atoms with van der Waals surface area (Å²) in [6, 6.07) is 0. The monoisotopic (exact) mass is 248 g/mol. The molecular formula is CH4MnMoSiV. The normalized spacial score (nSPS) is 0. The van der Waals surface area contributed by atoms with Crippen molar-refractivity contribution in [2.45, 2.75) is 7.43 Å². The molecule has 0 heterocycles. The zero-order valence-corrected chi connectivity index (χ0v) is 7.32. The molecule has 30 valence electrons. The van der Waals surface area contributed by atoms with Gasteiger partial charge in [-0.1, -0.05) is 7.43 Å².